The van der Waals surface area contributed by atoms with Gasteiger partial charge in [-0.1, -0.05) is 36.4 Å². The first kappa shape index (κ1) is 22.9. The van der Waals surface area contributed by atoms with Crippen molar-refractivity contribution in [2.24, 2.45) is 4.99 Å². The Morgan fingerprint density at radius 1 is 1.00 bits per heavy atom. The third kappa shape index (κ3) is 9.37. The summed E-state index contributed by atoms with van der Waals surface area (Å²) in [6.07, 6.45) is 3.48. The first-order valence-electron chi connectivity index (χ1n) is 8.81. The van der Waals surface area contributed by atoms with Gasteiger partial charge in [0.1, 0.15) is 6.54 Å². The summed E-state index contributed by atoms with van der Waals surface area (Å²) < 4.78 is 0. The number of aromatic nitrogens is 1. The van der Waals surface area contributed by atoms with Gasteiger partial charge < -0.3 is 15.5 Å². The number of hydrogen-bond donors (Lipinski definition) is 2. The number of carbonyl (C=O) groups is 1. The minimum atomic E-state index is -0.0288. The number of aliphatic imine (C=N–C) groups is 1. The van der Waals surface area contributed by atoms with E-state index >= 15 is 0 Å². The van der Waals surface area contributed by atoms with Gasteiger partial charge in [0.05, 0.1) is 0 Å². The average molecular weight is 481 g/mol. The van der Waals surface area contributed by atoms with Crippen molar-refractivity contribution in [3.8, 4) is 0 Å². The standard InChI is InChI=1S/C20H27N5O.HI/c1-25(2)19(26)16-24-20(22-14-11-17-8-4-3-5-9-17)23-15-12-18-10-6-7-13-21-18;/h3-10,13H,11-12,14-16H2,1-2H3,(H2,22,23,24);1H. The molecule has 7 heteroatoms. The largest absolute Gasteiger partial charge is 0.356 e. The topological polar surface area (TPSA) is 69.6 Å². The first-order chi connectivity index (χ1) is 12.6. The minimum Gasteiger partial charge on any atom is -0.356 e. The number of nitrogens with zero attached hydrogens (tertiary/aromatic N) is 3. The van der Waals surface area contributed by atoms with Gasteiger partial charge in [-0.3, -0.25) is 9.78 Å². The quantitative estimate of drug-likeness (QED) is 0.345. The fourth-order valence-electron chi connectivity index (χ4n) is 2.29. The van der Waals surface area contributed by atoms with Gasteiger partial charge >= 0.3 is 0 Å². The van der Waals surface area contributed by atoms with E-state index in [1.54, 1.807) is 25.2 Å². The predicted molar refractivity (Wildman–Crippen MR) is 121 cm³/mol. The van der Waals surface area contributed by atoms with E-state index in [-0.39, 0.29) is 36.4 Å². The molecule has 0 atom stereocenters. The third-order valence-corrected chi connectivity index (χ3v) is 3.82. The molecule has 0 unspecified atom stereocenters. The average Bonchev–Trinajstić information content (AvgIpc) is 2.67. The highest BCUT2D eigenvalue weighted by molar-refractivity contribution is 14.0. The third-order valence-electron chi connectivity index (χ3n) is 3.82. The normalized spacial score (nSPS) is 10.7. The number of rotatable bonds is 8. The van der Waals surface area contributed by atoms with E-state index in [4.69, 9.17) is 0 Å². The Hall–Kier alpha value is -2.16. The molecular weight excluding hydrogens is 453 g/mol. The maximum Gasteiger partial charge on any atom is 0.243 e. The van der Waals surface area contributed by atoms with Gasteiger partial charge in [-0.05, 0) is 24.1 Å². The maximum absolute atomic E-state index is 11.8. The SMILES string of the molecule is CN(C)C(=O)CN=C(NCCc1ccccc1)NCCc1ccccn1.I. The summed E-state index contributed by atoms with van der Waals surface area (Å²) in [6, 6.07) is 16.2. The fraction of sp³-hybridized carbons (Fsp3) is 0.350. The summed E-state index contributed by atoms with van der Waals surface area (Å²) >= 11 is 0. The van der Waals surface area contributed by atoms with Crippen LogP contribution in [-0.2, 0) is 17.6 Å². The van der Waals surface area contributed by atoms with Crippen molar-refractivity contribution >= 4 is 35.8 Å². The highest BCUT2D eigenvalue weighted by atomic mass is 127. The van der Waals surface area contributed by atoms with Crippen molar-refractivity contribution < 1.29 is 4.79 Å². The van der Waals surface area contributed by atoms with E-state index in [1.165, 1.54) is 5.56 Å². The molecule has 2 N–H and O–H groups in total. The lowest BCUT2D eigenvalue weighted by Crippen LogP contribution is -2.40. The van der Waals surface area contributed by atoms with Crippen molar-refractivity contribution in [1.82, 2.24) is 20.5 Å². The van der Waals surface area contributed by atoms with Crippen LogP contribution in [0.4, 0.5) is 0 Å². The van der Waals surface area contributed by atoms with Gasteiger partial charge in [-0.2, -0.15) is 0 Å². The Bertz CT molecular complexity index is 645. The first-order valence-corrected chi connectivity index (χ1v) is 8.81. The van der Waals surface area contributed by atoms with Crippen LogP contribution in [0.25, 0.3) is 0 Å². The van der Waals surface area contributed by atoms with Crippen molar-refractivity contribution in [2.45, 2.75) is 12.8 Å². The number of halogens is 1. The molecular formula is C20H28IN5O. The Balaban J connectivity index is 0.00000364. The second-order valence-corrected chi connectivity index (χ2v) is 6.11. The number of pyridine rings is 1. The Morgan fingerprint density at radius 2 is 1.67 bits per heavy atom. The summed E-state index contributed by atoms with van der Waals surface area (Å²) in [5.41, 5.74) is 2.28. The highest BCUT2D eigenvalue weighted by Gasteiger charge is 2.05. The smallest absolute Gasteiger partial charge is 0.243 e. The molecule has 0 saturated carbocycles. The van der Waals surface area contributed by atoms with Crippen LogP contribution in [0, 0.1) is 0 Å². The van der Waals surface area contributed by atoms with Crippen molar-refractivity contribution in [3.63, 3.8) is 0 Å². The van der Waals surface area contributed by atoms with Crippen LogP contribution in [0.2, 0.25) is 0 Å². The van der Waals surface area contributed by atoms with Crippen LogP contribution in [0.5, 0.6) is 0 Å². The molecule has 0 fully saturated rings. The maximum atomic E-state index is 11.8. The summed E-state index contributed by atoms with van der Waals surface area (Å²) in [6.45, 7) is 1.57. The Morgan fingerprint density at radius 3 is 2.30 bits per heavy atom. The van der Waals surface area contributed by atoms with E-state index in [0.717, 1.165) is 25.1 Å². The second-order valence-electron chi connectivity index (χ2n) is 6.11. The number of likely N-dealkylation sites (N-methyl/N-ethyl adjacent to an activating group) is 1. The number of amides is 1. The van der Waals surface area contributed by atoms with Crippen molar-refractivity contribution in [3.05, 3.63) is 66.0 Å². The van der Waals surface area contributed by atoms with Gasteiger partial charge in [-0.25, -0.2) is 4.99 Å². The van der Waals surface area contributed by atoms with Gasteiger partial charge in [0.2, 0.25) is 5.91 Å². The van der Waals surface area contributed by atoms with Crippen LogP contribution >= 0.6 is 24.0 Å². The Kier molecular flexibility index (Phi) is 11.1. The van der Waals surface area contributed by atoms with Gasteiger partial charge in [-0.15, -0.1) is 24.0 Å². The van der Waals surface area contributed by atoms with Crippen LogP contribution < -0.4 is 10.6 Å². The monoisotopic (exact) mass is 481 g/mol. The molecule has 0 saturated heterocycles. The molecule has 1 amide bonds. The second kappa shape index (κ2) is 13.1. The molecule has 0 radical (unpaired) electrons. The molecule has 146 valence electrons. The molecule has 0 spiro atoms. The number of carbonyl (C=O) groups excluding carboxylic acids is 1. The van der Waals surface area contributed by atoms with E-state index in [0.29, 0.717) is 12.5 Å². The van der Waals surface area contributed by atoms with E-state index in [9.17, 15) is 4.79 Å². The zero-order valence-electron chi connectivity index (χ0n) is 15.9. The molecule has 1 heterocycles. The van der Waals surface area contributed by atoms with Gasteiger partial charge in [0, 0.05) is 45.5 Å². The number of benzene rings is 1. The molecule has 2 aromatic rings. The molecule has 0 bridgehead atoms. The lowest BCUT2D eigenvalue weighted by molar-refractivity contribution is -0.127. The zero-order chi connectivity index (χ0) is 18.6. The molecule has 2 rings (SSSR count). The number of nitrogens with one attached hydrogen (secondary N) is 2. The lowest BCUT2D eigenvalue weighted by Gasteiger charge is -2.14. The molecule has 1 aromatic carbocycles. The van der Waals surface area contributed by atoms with Crippen LogP contribution in [-0.4, -0.2) is 55.5 Å². The zero-order valence-corrected chi connectivity index (χ0v) is 18.2. The molecule has 0 aliphatic heterocycles. The van der Waals surface area contributed by atoms with Crippen molar-refractivity contribution in [1.29, 1.82) is 0 Å². The lowest BCUT2D eigenvalue weighted by atomic mass is 10.1. The van der Waals surface area contributed by atoms with Gasteiger partial charge in [0.15, 0.2) is 5.96 Å². The number of guanidine groups is 1. The summed E-state index contributed by atoms with van der Waals surface area (Å²) in [5, 5.41) is 6.57. The van der Waals surface area contributed by atoms with Crippen LogP contribution in [0.3, 0.4) is 0 Å². The van der Waals surface area contributed by atoms with Crippen LogP contribution in [0.15, 0.2) is 59.7 Å². The summed E-state index contributed by atoms with van der Waals surface area (Å²) in [5.74, 6) is 0.617. The van der Waals surface area contributed by atoms with E-state index < -0.39 is 0 Å². The molecule has 1 aromatic heterocycles. The Labute approximate surface area is 178 Å². The fourth-order valence-corrected chi connectivity index (χ4v) is 2.29. The highest BCUT2D eigenvalue weighted by Crippen LogP contribution is 1.98. The molecule has 0 aliphatic rings. The van der Waals surface area contributed by atoms with E-state index in [1.807, 2.05) is 36.4 Å². The molecule has 27 heavy (non-hydrogen) atoms. The predicted octanol–water partition coefficient (Wildman–Crippen LogP) is 2.11. The molecule has 6 nitrogen and oxygen atoms in total. The van der Waals surface area contributed by atoms with Crippen LogP contribution in [0.1, 0.15) is 11.3 Å². The summed E-state index contributed by atoms with van der Waals surface area (Å²) in [4.78, 5) is 22.0. The van der Waals surface area contributed by atoms with Gasteiger partial charge in [0.25, 0.3) is 0 Å². The van der Waals surface area contributed by atoms with Crippen molar-refractivity contribution in [2.75, 3.05) is 33.7 Å². The summed E-state index contributed by atoms with van der Waals surface area (Å²) in [7, 11) is 3.46. The minimum absolute atomic E-state index is 0. The number of hydrogen-bond acceptors (Lipinski definition) is 3. The molecule has 0 aliphatic carbocycles. The van der Waals surface area contributed by atoms with E-state index in [2.05, 4.69) is 32.7 Å².